The summed E-state index contributed by atoms with van der Waals surface area (Å²) in [5.74, 6) is -0.862. The molecule has 0 saturated carbocycles. The number of nitrogens with zero attached hydrogens (tertiary/aromatic N) is 3. The fourth-order valence-corrected chi connectivity index (χ4v) is 5.68. The third-order valence-corrected chi connectivity index (χ3v) is 7.82. The second-order valence-electron chi connectivity index (χ2n) is 10.5. The molecule has 0 aromatic heterocycles. The molecule has 2 unspecified atom stereocenters. The van der Waals surface area contributed by atoms with E-state index in [1.807, 2.05) is 37.3 Å². The molecule has 2 saturated heterocycles. The highest BCUT2D eigenvalue weighted by Gasteiger charge is 2.47. The summed E-state index contributed by atoms with van der Waals surface area (Å²) in [6.07, 6.45) is 0.736. The first-order valence-electron chi connectivity index (χ1n) is 13.2. The summed E-state index contributed by atoms with van der Waals surface area (Å²) in [5.41, 5.74) is 3.64. The van der Waals surface area contributed by atoms with E-state index in [1.54, 1.807) is 24.3 Å². The van der Waals surface area contributed by atoms with Crippen LogP contribution in [0.5, 0.6) is 11.5 Å². The average Bonchev–Trinajstić information content (AvgIpc) is 3.44. The van der Waals surface area contributed by atoms with Crippen LogP contribution in [0.4, 0.5) is 11.4 Å². The van der Waals surface area contributed by atoms with Crippen LogP contribution in [0, 0.1) is 0 Å². The van der Waals surface area contributed by atoms with E-state index in [9.17, 15) is 19.8 Å². The number of aliphatic hydroxyl groups is 1. The Bertz CT molecular complexity index is 1460. The number of ketones is 1. The Hall–Kier alpha value is -4.30. The van der Waals surface area contributed by atoms with Crippen molar-refractivity contribution in [3.05, 3.63) is 89.0 Å². The third kappa shape index (κ3) is 4.51. The second-order valence-corrected chi connectivity index (χ2v) is 10.5. The number of piperazine rings is 1. The van der Waals surface area contributed by atoms with Crippen LogP contribution in [0.3, 0.4) is 0 Å². The number of Topliss-reactive ketones (excluding diaryl/α,β-unsaturated/α-hetero) is 1. The predicted octanol–water partition coefficient (Wildman–Crippen LogP) is 4.09. The molecule has 0 bridgehead atoms. The van der Waals surface area contributed by atoms with Gasteiger partial charge in [0.2, 0.25) is 0 Å². The van der Waals surface area contributed by atoms with Gasteiger partial charge in [0.1, 0.15) is 23.4 Å². The molecule has 3 aliphatic heterocycles. The van der Waals surface area contributed by atoms with E-state index in [0.29, 0.717) is 23.2 Å². The number of carbonyl (C=O) groups is 2. The number of benzene rings is 3. The van der Waals surface area contributed by atoms with E-state index in [2.05, 4.69) is 16.8 Å². The number of anilines is 2. The number of likely N-dealkylation sites (N-methyl/N-ethyl adjacent to an activating group) is 1. The Morgan fingerprint density at radius 3 is 2.26 bits per heavy atom. The average molecular weight is 526 g/mol. The number of hydrogen-bond donors (Lipinski definition) is 2. The molecule has 6 rings (SSSR count). The topological polar surface area (TPSA) is 93.6 Å². The molecule has 0 aliphatic carbocycles. The number of rotatable bonds is 4. The maximum absolute atomic E-state index is 13.5. The third-order valence-electron chi connectivity index (χ3n) is 7.82. The molecule has 2 N–H and O–H groups in total. The molecule has 0 spiro atoms. The van der Waals surface area contributed by atoms with Gasteiger partial charge in [-0.3, -0.25) is 14.5 Å². The summed E-state index contributed by atoms with van der Waals surface area (Å²) in [6.45, 7) is 5.76. The van der Waals surface area contributed by atoms with E-state index in [4.69, 9.17) is 4.74 Å². The lowest BCUT2D eigenvalue weighted by molar-refractivity contribution is -0.132. The highest BCUT2D eigenvalue weighted by atomic mass is 16.5. The summed E-state index contributed by atoms with van der Waals surface area (Å²) in [5, 5.41) is 21.4. The van der Waals surface area contributed by atoms with Gasteiger partial charge in [-0.25, -0.2) is 0 Å². The molecule has 200 valence electrons. The molecule has 2 fully saturated rings. The van der Waals surface area contributed by atoms with Gasteiger partial charge in [0.25, 0.3) is 11.7 Å². The van der Waals surface area contributed by atoms with Crippen molar-refractivity contribution in [2.24, 2.45) is 0 Å². The van der Waals surface area contributed by atoms with E-state index >= 15 is 0 Å². The van der Waals surface area contributed by atoms with Crippen molar-refractivity contribution in [1.29, 1.82) is 0 Å². The molecule has 1 amide bonds. The van der Waals surface area contributed by atoms with Crippen molar-refractivity contribution in [2.45, 2.75) is 25.5 Å². The standard InChI is InChI=1S/C31H31N3O5/c1-19-17-22-18-21(5-12-26(22)39-19)29(36)27-28(20-3-10-25(35)11-4-20)34(31(38)30(27)37)24-8-6-23(7-9-24)33-15-13-32(2)14-16-33/h3-12,18-19,28,35-36H,13-17H2,1-2H3/b29-27-. The first-order chi connectivity index (χ1) is 18.8. The Kier molecular flexibility index (Phi) is 6.27. The molecule has 39 heavy (non-hydrogen) atoms. The predicted molar refractivity (Wildman–Crippen MR) is 149 cm³/mol. The van der Waals surface area contributed by atoms with Crippen molar-refractivity contribution in [3.8, 4) is 11.5 Å². The minimum Gasteiger partial charge on any atom is -0.508 e. The van der Waals surface area contributed by atoms with Gasteiger partial charge in [0, 0.05) is 49.5 Å². The van der Waals surface area contributed by atoms with E-state index in [0.717, 1.165) is 43.2 Å². The van der Waals surface area contributed by atoms with Crippen molar-refractivity contribution in [1.82, 2.24) is 4.90 Å². The molecular weight excluding hydrogens is 494 g/mol. The zero-order valence-electron chi connectivity index (χ0n) is 22.0. The fraction of sp³-hybridized carbons (Fsp3) is 0.290. The maximum atomic E-state index is 13.5. The molecule has 3 heterocycles. The fourth-order valence-electron chi connectivity index (χ4n) is 5.68. The van der Waals surface area contributed by atoms with E-state index < -0.39 is 17.7 Å². The number of hydrogen-bond acceptors (Lipinski definition) is 7. The van der Waals surface area contributed by atoms with Gasteiger partial charge in [0.05, 0.1) is 11.6 Å². The van der Waals surface area contributed by atoms with Gasteiger partial charge >= 0.3 is 0 Å². The summed E-state index contributed by atoms with van der Waals surface area (Å²) >= 11 is 0. The number of ether oxygens (including phenoxy) is 1. The molecule has 2 atom stereocenters. The van der Waals surface area contributed by atoms with Gasteiger partial charge in [-0.2, -0.15) is 0 Å². The van der Waals surface area contributed by atoms with E-state index in [-0.39, 0.29) is 23.2 Å². The number of carbonyl (C=O) groups excluding carboxylic acids is 2. The maximum Gasteiger partial charge on any atom is 0.300 e. The largest absolute Gasteiger partial charge is 0.508 e. The van der Waals surface area contributed by atoms with Gasteiger partial charge in [-0.15, -0.1) is 0 Å². The number of aliphatic hydroxyl groups excluding tert-OH is 1. The summed E-state index contributed by atoms with van der Waals surface area (Å²) in [7, 11) is 2.11. The monoisotopic (exact) mass is 525 g/mol. The zero-order valence-corrected chi connectivity index (χ0v) is 22.0. The lowest BCUT2D eigenvalue weighted by Crippen LogP contribution is -2.44. The summed E-state index contributed by atoms with van der Waals surface area (Å²) < 4.78 is 5.78. The Balaban J connectivity index is 1.41. The zero-order chi connectivity index (χ0) is 27.3. The smallest absolute Gasteiger partial charge is 0.300 e. The first kappa shape index (κ1) is 25.0. The van der Waals surface area contributed by atoms with Crippen LogP contribution in [-0.4, -0.2) is 66.1 Å². The lowest BCUT2D eigenvalue weighted by Gasteiger charge is -2.34. The molecule has 3 aromatic carbocycles. The van der Waals surface area contributed by atoms with Crippen LogP contribution < -0.4 is 14.5 Å². The van der Waals surface area contributed by atoms with Crippen molar-refractivity contribution in [3.63, 3.8) is 0 Å². The lowest BCUT2D eigenvalue weighted by atomic mass is 9.94. The van der Waals surface area contributed by atoms with Gasteiger partial charge in [-0.1, -0.05) is 12.1 Å². The van der Waals surface area contributed by atoms with Crippen LogP contribution in [0.2, 0.25) is 0 Å². The van der Waals surface area contributed by atoms with E-state index in [1.165, 1.54) is 17.0 Å². The number of aromatic hydroxyl groups is 1. The molecule has 0 radical (unpaired) electrons. The summed E-state index contributed by atoms with van der Waals surface area (Å²) in [4.78, 5) is 33.0. The number of amides is 1. The Labute approximate surface area is 227 Å². The van der Waals surface area contributed by atoms with Crippen LogP contribution in [0.15, 0.2) is 72.3 Å². The molecule has 3 aromatic rings. The first-order valence-corrected chi connectivity index (χ1v) is 13.2. The van der Waals surface area contributed by atoms with Crippen molar-refractivity contribution in [2.75, 3.05) is 43.0 Å². The van der Waals surface area contributed by atoms with Gasteiger partial charge in [0.15, 0.2) is 0 Å². The normalized spacial score (nSPS) is 22.7. The Morgan fingerprint density at radius 2 is 1.56 bits per heavy atom. The molecule has 8 nitrogen and oxygen atoms in total. The number of fused-ring (bicyclic) bond motifs is 1. The quantitative estimate of drug-likeness (QED) is 0.301. The van der Waals surface area contributed by atoms with Crippen LogP contribution in [0.25, 0.3) is 5.76 Å². The van der Waals surface area contributed by atoms with Gasteiger partial charge in [-0.05, 0) is 79.7 Å². The molecular formula is C31H31N3O5. The van der Waals surface area contributed by atoms with Crippen LogP contribution in [0.1, 0.15) is 29.7 Å². The van der Waals surface area contributed by atoms with Crippen LogP contribution in [-0.2, 0) is 16.0 Å². The van der Waals surface area contributed by atoms with Crippen LogP contribution >= 0.6 is 0 Å². The van der Waals surface area contributed by atoms with Crippen molar-refractivity contribution >= 4 is 28.8 Å². The number of phenols is 1. The van der Waals surface area contributed by atoms with Crippen molar-refractivity contribution < 1.29 is 24.5 Å². The minimum atomic E-state index is -0.858. The summed E-state index contributed by atoms with van der Waals surface area (Å²) in [6, 6.07) is 18.5. The van der Waals surface area contributed by atoms with Gasteiger partial charge < -0.3 is 24.7 Å². The second kappa shape index (κ2) is 9.78. The Morgan fingerprint density at radius 1 is 0.897 bits per heavy atom. The highest BCUT2D eigenvalue weighted by Crippen LogP contribution is 2.43. The minimum absolute atomic E-state index is 0.0146. The molecule has 8 heteroatoms. The highest BCUT2D eigenvalue weighted by molar-refractivity contribution is 6.51. The molecule has 3 aliphatic rings. The number of phenolic OH excluding ortho intramolecular Hbond substituents is 1. The SMILES string of the molecule is CC1Cc2cc(/C(O)=C3/C(=O)C(=O)N(c4ccc(N5CCN(C)CC5)cc4)C3c3ccc(O)cc3)ccc2O1.